The van der Waals surface area contributed by atoms with Crippen LogP contribution >= 0.6 is 11.3 Å². The third-order valence-electron chi connectivity index (χ3n) is 4.10. The summed E-state index contributed by atoms with van der Waals surface area (Å²) in [6, 6.07) is 0. The van der Waals surface area contributed by atoms with Gasteiger partial charge in [0.1, 0.15) is 6.10 Å². The molecule has 0 amide bonds. The zero-order valence-corrected chi connectivity index (χ0v) is 13.4. The number of thiazole rings is 1. The van der Waals surface area contributed by atoms with Crippen LogP contribution in [0.1, 0.15) is 59.3 Å². The van der Waals surface area contributed by atoms with E-state index in [0.29, 0.717) is 11.7 Å². The third kappa shape index (κ3) is 3.21. The average Bonchev–Trinajstić information content (AvgIpc) is 2.91. The Morgan fingerprint density at radius 2 is 2.23 bits per heavy atom. The average molecular weight is 320 g/mol. The molecule has 118 valence electrons. The molecule has 0 spiro atoms. The van der Waals surface area contributed by atoms with Gasteiger partial charge in [0.2, 0.25) is 0 Å². The highest BCUT2D eigenvalue weighted by Crippen LogP contribution is 2.41. The van der Waals surface area contributed by atoms with E-state index >= 15 is 0 Å². The molecule has 1 saturated heterocycles. The van der Waals surface area contributed by atoms with Gasteiger partial charge < -0.3 is 14.6 Å². The van der Waals surface area contributed by atoms with Crippen molar-refractivity contribution in [2.45, 2.75) is 57.3 Å². The lowest BCUT2D eigenvalue weighted by atomic mass is 10.2. The van der Waals surface area contributed by atoms with Crippen LogP contribution in [0, 0.1) is 6.92 Å². The van der Waals surface area contributed by atoms with E-state index in [9.17, 15) is 0 Å². The van der Waals surface area contributed by atoms with Gasteiger partial charge in [0, 0.05) is 30.1 Å². The predicted octanol–water partition coefficient (Wildman–Crippen LogP) is 2.72. The molecule has 0 aromatic carbocycles. The lowest BCUT2D eigenvalue weighted by molar-refractivity contribution is 0.0264. The van der Waals surface area contributed by atoms with Gasteiger partial charge in [-0.25, -0.2) is 4.98 Å². The Hall–Kier alpha value is -1.31. The fraction of sp³-hybridized carbons (Fsp3) is 0.667. The molecular formula is C15H20N4O2S. The van der Waals surface area contributed by atoms with Gasteiger partial charge in [-0.2, -0.15) is 4.98 Å². The summed E-state index contributed by atoms with van der Waals surface area (Å²) in [5, 5.41) is 8.60. The number of aryl methyl sites for hydroxylation is 1. The Morgan fingerprint density at radius 1 is 1.32 bits per heavy atom. The van der Waals surface area contributed by atoms with Gasteiger partial charge in [0.25, 0.3) is 5.89 Å². The van der Waals surface area contributed by atoms with Gasteiger partial charge in [-0.05, 0) is 32.6 Å². The summed E-state index contributed by atoms with van der Waals surface area (Å²) in [5.41, 5.74) is 0. The quantitative estimate of drug-likeness (QED) is 0.882. The normalized spacial score (nSPS) is 25.0. The molecule has 4 rings (SSSR count). The van der Waals surface area contributed by atoms with E-state index in [1.807, 2.05) is 24.5 Å². The lowest BCUT2D eigenvalue weighted by Gasteiger charge is -2.11. The minimum Gasteiger partial charge on any atom is -0.364 e. The summed E-state index contributed by atoms with van der Waals surface area (Å²) in [6.45, 7) is 3.54. The molecule has 6 nitrogen and oxygen atoms in total. The molecule has 1 aliphatic heterocycles. The van der Waals surface area contributed by atoms with E-state index in [2.05, 4.69) is 20.4 Å². The van der Waals surface area contributed by atoms with Crippen LogP contribution in [0.3, 0.4) is 0 Å². The molecular weight excluding hydrogens is 300 g/mol. The highest BCUT2D eigenvalue weighted by Gasteiger charge is 2.30. The van der Waals surface area contributed by atoms with Crippen molar-refractivity contribution < 1.29 is 9.26 Å². The van der Waals surface area contributed by atoms with Crippen LogP contribution in [0.15, 0.2) is 10.7 Å². The summed E-state index contributed by atoms with van der Waals surface area (Å²) < 4.78 is 11.2. The fourth-order valence-corrected chi connectivity index (χ4v) is 3.82. The smallest absolute Gasteiger partial charge is 0.255 e. The first-order valence-corrected chi connectivity index (χ1v) is 8.70. The zero-order valence-electron chi connectivity index (χ0n) is 12.6. The van der Waals surface area contributed by atoms with Gasteiger partial charge >= 0.3 is 0 Å². The van der Waals surface area contributed by atoms with Crippen LogP contribution in [-0.2, 0) is 11.3 Å². The summed E-state index contributed by atoms with van der Waals surface area (Å²) in [6.07, 6.45) is 6.77. The maximum absolute atomic E-state index is 5.98. The molecule has 1 aliphatic carbocycles. The van der Waals surface area contributed by atoms with E-state index in [1.54, 1.807) is 0 Å². The SMILES string of the molecule is Cc1noc([C@@H]2CC[C@H](CNCc3cnc(C4CC4)s3)O2)n1. The highest BCUT2D eigenvalue weighted by atomic mass is 32.1. The van der Waals surface area contributed by atoms with E-state index in [0.717, 1.165) is 31.8 Å². The first kappa shape index (κ1) is 14.3. The molecule has 7 heteroatoms. The maximum Gasteiger partial charge on any atom is 0.255 e. The molecule has 1 saturated carbocycles. The largest absolute Gasteiger partial charge is 0.364 e. The Bertz CT molecular complexity index is 637. The molecule has 2 fully saturated rings. The molecule has 2 aromatic heterocycles. The minimum absolute atomic E-state index is 0.0436. The Balaban J connectivity index is 1.22. The topological polar surface area (TPSA) is 73.1 Å². The van der Waals surface area contributed by atoms with Crippen molar-refractivity contribution in [1.29, 1.82) is 0 Å². The van der Waals surface area contributed by atoms with E-state index in [-0.39, 0.29) is 12.2 Å². The second-order valence-corrected chi connectivity index (χ2v) is 7.22. The van der Waals surface area contributed by atoms with Crippen molar-refractivity contribution in [3.05, 3.63) is 27.8 Å². The van der Waals surface area contributed by atoms with Gasteiger partial charge in [-0.1, -0.05) is 5.16 Å². The molecule has 2 atom stereocenters. The number of rotatable bonds is 6. The first-order valence-electron chi connectivity index (χ1n) is 7.89. The monoisotopic (exact) mass is 320 g/mol. The summed E-state index contributed by atoms with van der Waals surface area (Å²) in [7, 11) is 0. The highest BCUT2D eigenvalue weighted by molar-refractivity contribution is 7.11. The molecule has 2 aromatic rings. The maximum atomic E-state index is 5.98. The molecule has 1 N–H and O–H groups in total. The number of nitrogens with zero attached hydrogens (tertiary/aromatic N) is 3. The summed E-state index contributed by atoms with van der Waals surface area (Å²) >= 11 is 1.84. The number of hydrogen-bond donors (Lipinski definition) is 1. The van der Waals surface area contributed by atoms with Crippen molar-refractivity contribution in [3.8, 4) is 0 Å². The molecule has 0 bridgehead atoms. The van der Waals surface area contributed by atoms with Crippen molar-refractivity contribution in [1.82, 2.24) is 20.4 Å². The number of ether oxygens (including phenoxy) is 1. The van der Waals surface area contributed by atoms with Crippen LogP contribution in [-0.4, -0.2) is 27.8 Å². The van der Waals surface area contributed by atoms with Crippen LogP contribution in [0.2, 0.25) is 0 Å². The Labute approximate surface area is 133 Å². The second-order valence-electron chi connectivity index (χ2n) is 6.07. The van der Waals surface area contributed by atoms with Gasteiger partial charge in [-0.15, -0.1) is 11.3 Å². The van der Waals surface area contributed by atoms with E-state index in [1.165, 1.54) is 22.7 Å². The fourth-order valence-electron chi connectivity index (χ4n) is 2.76. The number of hydrogen-bond acceptors (Lipinski definition) is 7. The van der Waals surface area contributed by atoms with Crippen LogP contribution in [0.25, 0.3) is 0 Å². The van der Waals surface area contributed by atoms with E-state index in [4.69, 9.17) is 9.26 Å². The van der Waals surface area contributed by atoms with Gasteiger partial charge in [0.15, 0.2) is 5.82 Å². The predicted molar refractivity (Wildman–Crippen MR) is 81.7 cm³/mol. The molecule has 0 unspecified atom stereocenters. The van der Waals surface area contributed by atoms with Gasteiger partial charge in [-0.3, -0.25) is 0 Å². The molecule has 0 radical (unpaired) electrons. The summed E-state index contributed by atoms with van der Waals surface area (Å²) in [5.74, 6) is 2.02. The molecule has 3 heterocycles. The van der Waals surface area contributed by atoms with Crippen LogP contribution in [0.5, 0.6) is 0 Å². The summed E-state index contributed by atoms with van der Waals surface area (Å²) in [4.78, 5) is 10.1. The van der Waals surface area contributed by atoms with Crippen molar-refractivity contribution >= 4 is 11.3 Å². The standard InChI is InChI=1S/C15H20N4O2S/c1-9-18-14(21-19-9)13-5-4-11(20-13)6-16-7-12-8-17-15(22-12)10-2-3-10/h8,10-11,13,16H,2-7H2,1H3/t11-,13+/m1/s1. The molecule has 2 aliphatic rings. The number of nitrogens with one attached hydrogen (secondary N) is 1. The van der Waals surface area contributed by atoms with E-state index < -0.39 is 0 Å². The minimum atomic E-state index is -0.0436. The third-order valence-corrected chi connectivity index (χ3v) is 5.26. The van der Waals surface area contributed by atoms with Crippen molar-refractivity contribution in [2.24, 2.45) is 0 Å². The lowest BCUT2D eigenvalue weighted by Crippen LogP contribution is -2.25. The van der Waals surface area contributed by atoms with Crippen LogP contribution < -0.4 is 5.32 Å². The first-order chi connectivity index (χ1) is 10.8. The Morgan fingerprint density at radius 3 is 3.00 bits per heavy atom. The Kier molecular flexibility index (Phi) is 3.94. The van der Waals surface area contributed by atoms with Gasteiger partial charge in [0.05, 0.1) is 11.1 Å². The molecule has 22 heavy (non-hydrogen) atoms. The second kappa shape index (κ2) is 6.06. The zero-order chi connectivity index (χ0) is 14.9. The van der Waals surface area contributed by atoms with Crippen LogP contribution in [0.4, 0.5) is 0 Å². The van der Waals surface area contributed by atoms with Crippen molar-refractivity contribution in [2.75, 3.05) is 6.54 Å². The number of aromatic nitrogens is 3. The van der Waals surface area contributed by atoms with Crippen molar-refractivity contribution in [3.63, 3.8) is 0 Å².